The van der Waals surface area contributed by atoms with E-state index in [1.165, 1.54) is 18.2 Å². The van der Waals surface area contributed by atoms with Crippen molar-refractivity contribution in [2.24, 2.45) is 17.8 Å². The van der Waals surface area contributed by atoms with Gasteiger partial charge < -0.3 is 5.11 Å². The maximum absolute atomic E-state index is 13.0. The first kappa shape index (κ1) is 20.4. The molecule has 0 bridgehead atoms. The van der Waals surface area contributed by atoms with Crippen LogP contribution in [0.5, 0.6) is 5.75 Å². The fraction of sp³-hybridized carbons (Fsp3) is 0.273. The third-order valence-corrected chi connectivity index (χ3v) is 7.52. The van der Waals surface area contributed by atoms with Crippen molar-refractivity contribution in [1.82, 2.24) is 5.06 Å². The second-order valence-corrected chi connectivity index (χ2v) is 9.35. The Morgan fingerprint density at radius 1 is 1.10 bits per heavy atom. The van der Waals surface area contributed by atoms with E-state index in [0.29, 0.717) is 11.1 Å². The second-order valence-electron chi connectivity index (χ2n) is 8.09. The summed E-state index contributed by atoms with van der Waals surface area (Å²) in [6.07, 6.45) is 3.39. The Balaban J connectivity index is 1.74. The van der Waals surface area contributed by atoms with E-state index in [2.05, 4.69) is 15.9 Å². The number of hydroxylamine groups is 2. The van der Waals surface area contributed by atoms with Gasteiger partial charge in [0.25, 0.3) is 11.8 Å². The monoisotopic (exact) mass is 503 g/mol. The summed E-state index contributed by atoms with van der Waals surface area (Å²) in [6, 6.07) is 4.39. The maximum atomic E-state index is 13.0. The summed E-state index contributed by atoms with van der Waals surface area (Å²) in [5.41, 5.74) is 1.80. The zero-order chi connectivity index (χ0) is 22.2. The van der Waals surface area contributed by atoms with Crippen molar-refractivity contribution in [3.63, 3.8) is 0 Å². The number of halogens is 2. The summed E-state index contributed by atoms with van der Waals surface area (Å²) in [6.45, 7) is 0. The lowest BCUT2D eigenvalue weighted by Crippen LogP contribution is -2.39. The molecule has 4 atom stereocenters. The number of hydrogen-bond acceptors (Lipinski definition) is 6. The third-order valence-electron chi connectivity index (χ3n) is 6.60. The van der Waals surface area contributed by atoms with E-state index < -0.39 is 35.5 Å². The summed E-state index contributed by atoms with van der Waals surface area (Å²) >= 11 is 9.57. The van der Waals surface area contributed by atoms with Crippen LogP contribution in [0.2, 0.25) is 5.02 Å². The molecule has 3 aliphatic carbocycles. The SMILES string of the molecule is O=C1C=C(Br)C(=O)C2=C1[C@@H](c1ccc(O)cc1Cl)C1=CC[C@@H]3C(=O)N(O)C(=O)[C@@H]3[C@@H]1C2. The number of allylic oxidation sites excluding steroid dienone is 6. The number of Topliss-reactive ketones (excluding diaryl/α,β-unsaturated/α-hetero) is 1. The van der Waals surface area contributed by atoms with E-state index in [1.54, 1.807) is 6.07 Å². The lowest BCUT2D eigenvalue weighted by Gasteiger charge is -2.42. The summed E-state index contributed by atoms with van der Waals surface area (Å²) in [5, 5.41) is 20.1. The minimum absolute atomic E-state index is 0.0471. The molecule has 9 heteroatoms. The van der Waals surface area contributed by atoms with Crippen LogP contribution in [0.3, 0.4) is 0 Å². The molecule has 1 fully saturated rings. The van der Waals surface area contributed by atoms with Gasteiger partial charge in [-0.15, -0.1) is 0 Å². The van der Waals surface area contributed by atoms with E-state index in [9.17, 15) is 29.5 Å². The minimum Gasteiger partial charge on any atom is -0.508 e. The average Bonchev–Trinajstić information content (AvgIpc) is 2.95. The number of nitrogens with zero attached hydrogens (tertiary/aromatic N) is 1. The van der Waals surface area contributed by atoms with E-state index in [1.807, 2.05) is 6.08 Å². The molecule has 7 nitrogen and oxygen atoms in total. The first-order chi connectivity index (χ1) is 14.7. The van der Waals surface area contributed by atoms with Crippen molar-refractivity contribution >= 4 is 50.9 Å². The molecule has 158 valence electrons. The largest absolute Gasteiger partial charge is 0.508 e. The topological polar surface area (TPSA) is 112 Å². The minimum atomic E-state index is -0.822. The van der Waals surface area contributed by atoms with Gasteiger partial charge in [0.05, 0.1) is 16.3 Å². The number of hydrogen-bond donors (Lipinski definition) is 2. The Morgan fingerprint density at radius 3 is 2.55 bits per heavy atom. The lowest BCUT2D eigenvalue weighted by atomic mass is 9.59. The molecule has 0 saturated carbocycles. The molecule has 2 amide bonds. The summed E-state index contributed by atoms with van der Waals surface area (Å²) < 4.78 is 0.129. The summed E-state index contributed by atoms with van der Waals surface area (Å²) in [5.74, 6) is -4.87. The smallest absolute Gasteiger partial charge is 0.257 e. The van der Waals surface area contributed by atoms with Gasteiger partial charge in [0.15, 0.2) is 11.6 Å². The van der Waals surface area contributed by atoms with Gasteiger partial charge in [0.1, 0.15) is 5.75 Å². The average molecular weight is 505 g/mol. The number of fused-ring (bicyclic) bond motifs is 3. The van der Waals surface area contributed by atoms with Gasteiger partial charge in [0.2, 0.25) is 0 Å². The second kappa shape index (κ2) is 6.98. The Kier molecular flexibility index (Phi) is 4.58. The lowest BCUT2D eigenvalue weighted by molar-refractivity contribution is -0.173. The van der Waals surface area contributed by atoms with Gasteiger partial charge in [0, 0.05) is 28.2 Å². The van der Waals surface area contributed by atoms with E-state index >= 15 is 0 Å². The Hall–Kier alpha value is -2.55. The van der Waals surface area contributed by atoms with Crippen molar-refractivity contribution in [2.75, 3.05) is 0 Å². The van der Waals surface area contributed by atoms with Crippen molar-refractivity contribution in [1.29, 1.82) is 0 Å². The van der Waals surface area contributed by atoms with Gasteiger partial charge in [-0.2, -0.15) is 5.06 Å². The molecule has 0 aromatic heterocycles. The summed E-state index contributed by atoms with van der Waals surface area (Å²) in [4.78, 5) is 51.0. The first-order valence-electron chi connectivity index (χ1n) is 9.65. The van der Waals surface area contributed by atoms with E-state index in [0.717, 1.165) is 5.57 Å². The molecule has 31 heavy (non-hydrogen) atoms. The number of carbonyl (C=O) groups is 4. The number of phenols is 1. The standard InChI is InChI=1S/C22H15BrClNO6/c23-14-7-16(27)19-13(20(14)28)6-12-9(17(19)10-2-1-8(26)5-15(10)24)3-4-11-18(12)22(30)25(31)21(11)29/h1-3,5,7,11-12,17-18,26,31H,4,6H2/t11-,12+,17+,18-/m0/s1. The van der Waals surface area contributed by atoms with Crippen LogP contribution in [0.15, 0.2) is 51.6 Å². The first-order valence-corrected chi connectivity index (χ1v) is 10.8. The summed E-state index contributed by atoms with van der Waals surface area (Å²) in [7, 11) is 0. The van der Waals surface area contributed by atoms with Crippen LogP contribution in [0, 0.1) is 17.8 Å². The van der Waals surface area contributed by atoms with Gasteiger partial charge in [-0.25, -0.2) is 0 Å². The Morgan fingerprint density at radius 2 is 1.84 bits per heavy atom. The molecule has 1 heterocycles. The molecule has 1 aliphatic heterocycles. The molecule has 0 radical (unpaired) electrons. The number of phenolic OH excluding ortho intramolecular Hbond substituents is 1. The predicted molar refractivity (Wildman–Crippen MR) is 111 cm³/mol. The van der Waals surface area contributed by atoms with Crippen molar-refractivity contribution in [2.45, 2.75) is 18.8 Å². The predicted octanol–water partition coefficient (Wildman–Crippen LogP) is 3.20. The molecule has 5 rings (SSSR count). The number of imide groups is 1. The number of aromatic hydroxyl groups is 1. The highest BCUT2D eigenvalue weighted by Gasteiger charge is 2.56. The van der Waals surface area contributed by atoms with Crippen LogP contribution < -0.4 is 0 Å². The zero-order valence-corrected chi connectivity index (χ0v) is 18.2. The number of rotatable bonds is 1. The van der Waals surface area contributed by atoms with Crippen LogP contribution in [0.1, 0.15) is 24.3 Å². The molecule has 1 aromatic carbocycles. The number of benzene rings is 1. The van der Waals surface area contributed by atoms with Crippen LogP contribution in [0.4, 0.5) is 0 Å². The molecule has 2 N–H and O–H groups in total. The maximum Gasteiger partial charge on any atom is 0.257 e. The van der Waals surface area contributed by atoms with Crippen LogP contribution in [0.25, 0.3) is 0 Å². The molecular weight excluding hydrogens is 490 g/mol. The Bertz CT molecular complexity index is 1200. The van der Waals surface area contributed by atoms with Gasteiger partial charge in [-0.05, 0) is 52.4 Å². The molecular formula is C22H15BrClNO6. The van der Waals surface area contributed by atoms with Gasteiger partial charge in [-0.1, -0.05) is 29.3 Å². The number of ketones is 2. The zero-order valence-electron chi connectivity index (χ0n) is 15.8. The normalized spacial score (nSPS) is 30.1. The highest BCUT2D eigenvalue weighted by atomic mass is 79.9. The molecule has 1 saturated heterocycles. The van der Waals surface area contributed by atoms with Crippen LogP contribution in [-0.2, 0) is 19.2 Å². The molecule has 1 aromatic rings. The van der Waals surface area contributed by atoms with Crippen molar-refractivity contribution in [3.8, 4) is 5.75 Å². The number of carbonyl (C=O) groups excluding carboxylic acids is 4. The fourth-order valence-electron chi connectivity index (χ4n) is 5.30. The Labute approximate surface area is 189 Å². The van der Waals surface area contributed by atoms with Crippen LogP contribution >= 0.6 is 27.5 Å². The quantitative estimate of drug-likeness (QED) is 0.263. The van der Waals surface area contributed by atoms with Gasteiger partial charge >= 0.3 is 0 Å². The van der Waals surface area contributed by atoms with Crippen molar-refractivity contribution < 1.29 is 29.5 Å². The third kappa shape index (κ3) is 2.82. The van der Waals surface area contributed by atoms with Crippen molar-refractivity contribution in [3.05, 3.63) is 62.1 Å². The van der Waals surface area contributed by atoms with Gasteiger partial charge in [-0.3, -0.25) is 24.4 Å². The highest BCUT2D eigenvalue weighted by Crippen LogP contribution is 2.55. The highest BCUT2D eigenvalue weighted by molar-refractivity contribution is 9.12. The van der Waals surface area contributed by atoms with Crippen LogP contribution in [-0.4, -0.2) is 38.8 Å². The van der Waals surface area contributed by atoms with E-state index in [-0.39, 0.29) is 50.3 Å². The van der Waals surface area contributed by atoms with E-state index in [4.69, 9.17) is 11.6 Å². The molecule has 0 spiro atoms. The molecule has 4 aliphatic rings. The fourth-order valence-corrected chi connectivity index (χ4v) is 6.03. The molecule has 0 unspecified atom stereocenters. The number of amides is 2.